The summed E-state index contributed by atoms with van der Waals surface area (Å²) in [7, 11) is 0. The van der Waals surface area contributed by atoms with E-state index in [0.29, 0.717) is 10.7 Å². The van der Waals surface area contributed by atoms with E-state index in [1.54, 1.807) is 29.9 Å². The number of benzene rings is 2. The van der Waals surface area contributed by atoms with Crippen LogP contribution in [-0.2, 0) is 11.2 Å². The second-order valence-corrected chi connectivity index (χ2v) is 7.85. The van der Waals surface area contributed by atoms with Gasteiger partial charge in [0.05, 0.1) is 4.88 Å². The number of nitrogens with zero attached hydrogens (tertiary/aromatic N) is 2. The quantitative estimate of drug-likeness (QED) is 0.457. The Hall–Kier alpha value is -3.84. The molecule has 0 bridgehead atoms. The topological polar surface area (TPSA) is 92.2 Å². The van der Waals surface area contributed by atoms with E-state index in [-0.39, 0.29) is 12.3 Å². The number of aromatic nitrogens is 2. The molecule has 0 saturated heterocycles. The Bertz CT molecular complexity index is 1160. The molecule has 4 rings (SSSR count). The van der Waals surface area contributed by atoms with E-state index in [0.717, 1.165) is 22.3 Å². The summed E-state index contributed by atoms with van der Waals surface area (Å²) in [6.45, 7) is 0. The van der Waals surface area contributed by atoms with Gasteiger partial charge in [0.1, 0.15) is 6.04 Å². The Balaban J connectivity index is 1.44. The van der Waals surface area contributed by atoms with E-state index < -0.39 is 12.0 Å². The summed E-state index contributed by atoms with van der Waals surface area (Å²) >= 11 is 1.27. The Morgan fingerprint density at radius 1 is 0.871 bits per heavy atom. The molecule has 1 unspecified atom stereocenters. The minimum atomic E-state index is -1.08. The van der Waals surface area contributed by atoms with Gasteiger partial charge in [-0.3, -0.25) is 4.79 Å². The van der Waals surface area contributed by atoms with Gasteiger partial charge in [0, 0.05) is 29.9 Å². The summed E-state index contributed by atoms with van der Waals surface area (Å²) in [6.07, 6.45) is 3.75. The average molecular weight is 430 g/mol. The van der Waals surface area contributed by atoms with Crippen molar-refractivity contribution < 1.29 is 14.7 Å². The van der Waals surface area contributed by atoms with Crippen LogP contribution in [0.2, 0.25) is 0 Å². The van der Waals surface area contributed by atoms with Crippen molar-refractivity contribution in [3.05, 3.63) is 94.9 Å². The van der Waals surface area contributed by atoms with E-state index in [1.807, 2.05) is 54.6 Å². The summed E-state index contributed by atoms with van der Waals surface area (Å²) in [6, 6.07) is 19.7. The van der Waals surface area contributed by atoms with Gasteiger partial charge >= 0.3 is 5.97 Å². The zero-order valence-corrected chi connectivity index (χ0v) is 17.3. The van der Waals surface area contributed by atoms with Crippen LogP contribution in [0.4, 0.5) is 0 Å². The van der Waals surface area contributed by atoms with Crippen LogP contribution in [0.3, 0.4) is 0 Å². The number of carboxylic acids is 1. The predicted molar refractivity (Wildman–Crippen MR) is 120 cm³/mol. The van der Waals surface area contributed by atoms with Crippen LogP contribution in [0.25, 0.3) is 22.5 Å². The number of carbonyl (C=O) groups is 2. The van der Waals surface area contributed by atoms with Crippen molar-refractivity contribution >= 4 is 23.2 Å². The molecule has 2 aromatic heterocycles. The van der Waals surface area contributed by atoms with Crippen LogP contribution >= 0.6 is 11.3 Å². The van der Waals surface area contributed by atoms with Crippen molar-refractivity contribution in [2.45, 2.75) is 12.5 Å². The maximum absolute atomic E-state index is 12.2. The van der Waals surface area contributed by atoms with Gasteiger partial charge < -0.3 is 10.4 Å². The third-order valence-corrected chi connectivity index (χ3v) is 5.63. The smallest absolute Gasteiger partial charge is 0.326 e. The van der Waals surface area contributed by atoms with E-state index in [1.165, 1.54) is 11.3 Å². The molecule has 0 radical (unpaired) electrons. The SMILES string of the molecule is O=C(NC(Cc1ccc(-c2ncc(-c3ccccc3)cn2)cc1)C(=O)O)c1cccs1. The highest BCUT2D eigenvalue weighted by molar-refractivity contribution is 7.12. The zero-order valence-electron chi connectivity index (χ0n) is 16.4. The van der Waals surface area contributed by atoms with Gasteiger partial charge in [0.2, 0.25) is 0 Å². The fourth-order valence-corrected chi connectivity index (χ4v) is 3.75. The molecule has 0 aliphatic heterocycles. The Morgan fingerprint density at radius 2 is 1.58 bits per heavy atom. The van der Waals surface area contributed by atoms with Crippen LogP contribution < -0.4 is 5.32 Å². The third kappa shape index (κ3) is 5.02. The van der Waals surface area contributed by atoms with Crippen molar-refractivity contribution in [2.75, 3.05) is 0 Å². The molecule has 2 heterocycles. The molecule has 6 nitrogen and oxygen atoms in total. The maximum atomic E-state index is 12.2. The number of nitrogens with one attached hydrogen (secondary N) is 1. The average Bonchev–Trinajstić information content (AvgIpc) is 3.35. The maximum Gasteiger partial charge on any atom is 0.326 e. The third-order valence-electron chi connectivity index (χ3n) is 4.76. The molecule has 31 heavy (non-hydrogen) atoms. The van der Waals surface area contributed by atoms with Crippen molar-refractivity contribution in [1.29, 1.82) is 0 Å². The van der Waals surface area contributed by atoms with E-state index in [9.17, 15) is 14.7 Å². The molecule has 154 valence electrons. The minimum Gasteiger partial charge on any atom is -0.480 e. The summed E-state index contributed by atoms with van der Waals surface area (Å²) in [5.41, 5.74) is 3.61. The lowest BCUT2D eigenvalue weighted by atomic mass is 10.0. The van der Waals surface area contributed by atoms with E-state index in [4.69, 9.17) is 0 Å². The van der Waals surface area contributed by atoms with Gasteiger partial charge in [0.15, 0.2) is 5.82 Å². The van der Waals surface area contributed by atoms with Gasteiger partial charge in [-0.25, -0.2) is 14.8 Å². The lowest BCUT2D eigenvalue weighted by Crippen LogP contribution is -2.42. The van der Waals surface area contributed by atoms with Gasteiger partial charge in [-0.2, -0.15) is 0 Å². The fraction of sp³-hybridized carbons (Fsp3) is 0.0833. The van der Waals surface area contributed by atoms with Crippen molar-refractivity contribution in [3.63, 3.8) is 0 Å². The predicted octanol–water partition coefficient (Wildman–Crippen LogP) is 4.30. The number of hydrogen-bond donors (Lipinski definition) is 2. The second-order valence-electron chi connectivity index (χ2n) is 6.90. The first-order chi connectivity index (χ1) is 15.1. The molecular formula is C24H19N3O3S. The first-order valence-electron chi connectivity index (χ1n) is 9.64. The summed E-state index contributed by atoms with van der Waals surface area (Å²) in [5.74, 6) is -0.869. The molecule has 0 aliphatic carbocycles. The molecule has 1 atom stereocenters. The Labute approximate surface area is 183 Å². The lowest BCUT2D eigenvalue weighted by molar-refractivity contribution is -0.139. The number of aliphatic carboxylic acids is 1. The molecule has 0 spiro atoms. The highest BCUT2D eigenvalue weighted by atomic mass is 32.1. The van der Waals surface area contributed by atoms with E-state index in [2.05, 4.69) is 15.3 Å². The second kappa shape index (κ2) is 9.32. The van der Waals surface area contributed by atoms with Crippen molar-refractivity contribution in [3.8, 4) is 22.5 Å². The molecule has 2 N–H and O–H groups in total. The molecule has 2 aromatic carbocycles. The molecule has 0 aliphatic rings. The van der Waals surface area contributed by atoms with Gasteiger partial charge in [-0.05, 0) is 22.6 Å². The molecule has 4 aromatic rings. The molecule has 0 saturated carbocycles. The largest absolute Gasteiger partial charge is 0.480 e. The van der Waals surface area contributed by atoms with Gasteiger partial charge in [-0.1, -0.05) is 60.7 Å². The summed E-state index contributed by atoms with van der Waals surface area (Å²) < 4.78 is 0. The van der Waals surface area contributed by atoms with Crippen LogP contribution in [0.5, 0.6) is 0 Å². The standard InChI is InChI=1S/C24H19N3O3S/c28-23(21-7-4-12-31-21)27-20(24(29)30)13-16-8-10-18(11-9-16)22-25-14-19(15-26-22)17-5-2-1-3-6-17/h1-12,14-15,20H,13H2,(H,27,28)(H,29,30). The zero-order chi connectivity index (χ0) is 21.6. The number of thiophene rings is 1. The van der Waals surface area contributed by atoms with Crippen LogP contribution in [0.1, 0.15) is 15.2 Å². The number of carbonyl (C=O) groups excluding carboxylic acids is 1. The van der Waals surface area contributed by atoms with Crippen LogP contribution in [0.15, 0.2) is 84.5 Å². The summed E-state index contributed by atoms with van der Waals surface area (Å²) in [5, 5.41) is 13.9. The van der Waals surface area contributed by atoms with E-state index >= 15 is 0 Å². The van der Waals surface area contributed by atoms with Crippen LogP contribution in [-0.4, -0.2) is 33.0 Å². The molecule has 0 fully saturated rings. The molecular weight excluding hydrogens is 410 g/mol. The number of carboxylic acid groups (broad SMARTS) is 1. The highest BCUT2D eigenvalue weighted by Gasteiger charge is 2.21. The number of amides is 1. The molecule has 7 heteroatoms. The van der Waals surface area contributed by atoms with Gasteiger partial charge in [-0.15, -0.1) is 11.3 Å². The van der Waals surface area contributed by atoms with Crippen molar-refractivity contribution in [1.82, 2.24) is 15.3 Å². The first-order valence-corrected chi connectivity index (χ1v) is 10.5. The fourth-order valence-electron chi connectivity index (χ4n) is 3.12. The minimum absolute atomic E-state index is 0.181. The summed E-state index contributed by atoms with van der Waals surface area (Å²) in [4.78, 5) is 33.2. The Morgan fingerprint density at radius 3 is 2.19 bits per heavy atom. The van der Waals surface area contributed by atoms with Gasteiger partial charge in [0.25, 0.3) is 5.91 Å². The number of hydrogen-bond acceptors (Lipinski definition) is 5. The highest BCUT2D eigenvalue weighted by Crippen LogP contribution is 2.21. The molecule has 1 amide bonds. The van der Waals surface area contributed by atoms with Crippen molar-refractivity contribution in [2.24, 2.45) is 0 Å². The van der Waals surface area contributed by atoms with Crippen LogP contribution in [0, 0.1) is 0 Å². The first kappa shape index (κ1) is 20.4. The Kier molecular flexibility index (Phi) is 6.14. The normalized spacial score (nSPS) is 11.6. The number of rotatable bonds is 7. The monoisotopic (exact) mass is 429 g/mol. The lowest BCUT2D eigenvalue weighted by Gasteiger charge is -2.14.